The molecule has 0 aliphatic carbocycles. The first-order valence-electron chi connectivity index (χ1n) is 2.55. The minimum atomic E-state index is -4.86. The van der Waals surface area contributed by atoms with Gasteiger partial charge in [-0.1, -0.05) is 0 Å². The van der Waals surface area contributed by atoms with Crippen LogP contribution in [0.4, 0.5) is 13.2 Å². The van der Waals surface area contributed by atoms with Crippen LogP contribution in [0.1, 0.15) is 0 Å². The lowest BCUT2D eigenvalue weighted by Gasteiger charge is -2.12. The number of rotatable bonds is 2. The third-order valence-corrected chi connectivity index (χ3v) is 1.76. The van der Waals surface area contributed by atoms with Crippen molar-refractivity contribution in [2.45, 2.75) is 12.3 Å². The van der Waals surface area contributed by atoms with E-state index in [0.717, 1.165) is 0 Å². The summed E-state index contributed by atoms with van der Waals surface area (Å²) in [6, 6.07) is 0. The van der Waals surface area contributed by atoms with E-state index < -0.39 is 27.9 Å². The summed E-state index contributed by atoms with van der Waals surface area (Å²) in [6.07, 6.45) is -7.01. The highest BCUT2D eigenvalue weighted by Crippen LogP contribution is 2.20. The smallest absolute Gasteiger partial charge is 0.383 e. The van der Waals surface area contributed by atoms with Crippen molar-refractivity contribution < 1.29 is 26.7 Å². The summed E-state index contributed by atoms with van der Waals surface area (Å²) in [5.74, 6) is -1.28. The van der Waals surface area contributed by atoms with E-state index in [1.807, 2.05) is 0 Å². The van der Waals surface area contributed by atoms with Gasteiger partial charge in [-0.15, -0.1) is 0 Å². The largest absolute Gasteiger partial charge is 0.415 e. The van der Waals surface area contributed by atoms with E-state index in [2.05, 4.69) is 0 Å². The van der Waals surface area contributed by atoms with Gasteiger partial charge < -0.3 is 5.11 Å². The number of aliphatic hydroxyl groups is 1. The number of sulfone groups is 1. The van der Waals surface area contributed by atoms with Crippen LogP contribution in [0.5, 0.6) is 0 Å². The number of hydrogen-bond donors (Lipinski definition) is 1. The Morgan fingerprint density at radius 2 is 1.82 bits per heavy atom. The molecule has 0 radical (unpaired) electrons. The molecule has 0 saturated heterocycles. The summed E-state index contributed by atoms with van der Waals surface area (Å²) in [7, 11) is -3.78. The quantitative estimate of drug-likeness (QED) is 0.667. The molecule has 68 valence electrons. The molecule has 0 rings (SSSR count). The Morgan fingerprint density at radius 1 is 1.45 bits per heavy atom. The average molecular weight is 192 g/mol. The summed E-state index contributed by atoms with van der Waals surface area (Å²) in [5, 5.41) is 8.22. The van der Waals surface area contributed by atoms with Crippen molar-refractivity contribution >= 4 is 9.84 Å². The van der Waals surface area contributed by atoms with Crippen LogP contribution in [-0.2, 0) is 9.84 Å². The SMILES string of the molecule is CS(=O)(=O)C[C@@H](O)C(F)(F)F. The highest BCUT2D eigenvalue weighted by atomic mass is 32.2. The minimum Gasteiger partial charge on any atom is -0.383 e. The van der Waals surface area contributed by atoms with Gasteiger partial charge in [0, 0.05) is 6.26 Å². The van der Waals surface area contributed by atoms with E-state index in [1.165, 1.54) is 0 Å². The second kappa shape index (κ2) is 2.98. The summed E-state index contributed by atoms with van der Waals surface area (Å²) in [5.41, 5.74) is 0. The third-order valence-electron chi connectivity index (χ3n) is 0.838. The predicted molar refractivity (Wildman–Crippen MR) is 31.8 cm³/mol. The van der Waals surface area contributed by atoms with Gasteiger partial charge in [-0.3, -0.25) is 0 Å². The molecule has 0 aliphatic rings. The zero-order chi connectivity index (χ0) is 9.28. The van der Waals surface area contributed by atoms with Crippen molar-refractivity contribution in [1.82, 2.24) is 0 Å². The minimum absolute atomic E-state index is 0.627. The van der Waals surface area contributed by atoms with Crippen molar-refractivity contribution in [2.24, 2.45) is 0 Å². The fourth-order valence-electron chi connectivity index (χ4n) is 0.381. The number of alkyl halides is 3. The van der Waals surface area contributed by atoms with Gasteiger partial charge in [-0.25, -0.2) is 8.42 Å². The van der Waals surface area contributed by atoms with Gasteiger partial charge in [0.1, 0.15) is 9.84 Å². The molecule has 0 aromatic heterocycles. The van der Waals surface area contributed by atoms with E-state index >= 15 is 0 Å². The molecule has 0 unspecified atom stereocenters. The molecule has 1 atom stereocenters. The molecule has 0 aromatic rings. The Bertz CT molecular complexity index is 217. The van der Waals surface area contributed by atoms with Crippen LogP contribution in [0.2, 0.25) is 0 Å². The molecule has 11 heavy (non-hydrogen) atoms. The molecular weight excluding hydrogens is 185 g/mol. The van der Waals surface area contributed by atoms with Crippen LogP contribution in [0.3, 0.4) is 0 Å². The number of halogens is 3. The number of aliphatic hydroxyl groups excluding tert-OH is 1. The monoisotopic (exact) mass is 192 g/mol. The van der Waals surface area contributed by atoms with Crippen LogP contribution in [-0.4, -0.2) is 37.8 Å². The molecule has 7 heteroatoms. The Balaban J connectivity index is 4.21. The van der Waals surface area contributed by atoms with Crippen LogP contribution in [0.25, 0.3) is 0 Å². The van der Waals surface area contributed by atoms with E-state index in [4.69, 9.17) is 5.11 Å². The van der Waals surface area contributed by atoms with Gasteiger partial charge in [0.15, 0.2) is 6.10 Å². The molecule has 0 bridgehead atoms. The molecule has 0 heterocycles. The average Bonchev–Trinajstić information content (AvgIpc) is 1.56. The lowest BCUT2D eigenvalue weighted by molar-refractivity contribution is -0.196. The Kier molecular flexibility index (Phi) is 2.90. The molecular formula is C4H7F3O3S. The molecule has 1 N–H and O–H groups in total. The molecule has 0 fully saturated rings. The van der Waals surface area contributed by atoms with E-state index in [0.29, 0.717) is 6.26 Å². The first kappa shape index (κ1) is 10.7. The van der Waals surface area contributed by atoms with Gasteiger partial charge in [0.2, 0.25) is 0 Å². The maximum absolute atomic E-state index is 11.5. The Labute approximate surface area is 61.8 Å². The molecule has 0 aromatic carbocycles. The Hall–Kier alpha value is -0.300. The van der Waals surface area contributed by atoms with Gasteiger partial charge in [-0.2, -0.15) is 13.2 Å². The van der Waals surface area contributed by atoms with Crippen molar-refractivity contribution in [3.8, 4) is 0 Å². The standard InChI is InChI=1S/C4H7F3O3S/c1-11(9,10)2-3(8)4(5,6)7/h3,8H,2H2,1H3/t3-/m1/s1. The second-order valence-electron chi connectivity index (χ2n) is 2.15. The molecule has 0 amide bonds. The fraction of sp³-hybridized carbons (Fsp3) is 1.00. The predicted octanol–water partition coefficient (Wildman–Crippen LogP) is -0.0458. The third kappa shape index (κ3) is 5.02. The molecule has 0 spiro atoms. The highest BCUT2D eigenvalue weighted by Gasteiger charge is 2.39. The summed E-state index contributed by atoms with van der Waals surface area (Å²) >= 11 is 0. The highest BCUT2D eigenvalue weighted by molar-refractivity contribution is 7.90. The first-order chi connectivity index (χ1) is 4.63. The zero-order valence-electron chi connectivity index (χ0n) is 5.59. The summed E-state index contributed by atoms with van der Waals surface area (Å²) in [6.45, 7) is 0. The van der Waals surface area contributed by atoms with Gasteiger partial charge in [-0.05, 0) is 0 Å². The molecule has 0 aliphatic heterocycles. The fourth-order valence-corrected chi connectivity index (χ4v) is 1.14. The van der Waals surface area contributed by atoms with Crippen LogP contribution >= 0.6 is 0 Å². The maximum Gasteiger partial charge on any atom is 0.415 e. The van der Waals surface area contributed by atoms with Crippen LogP contribution < -0.4 is 0 Å². The van der Waals surface area contributed by atoms with E-state index in [9.17, 15) is 21.6 Å². The second-order valence-corrected chi connectivity index (χ2v) is 4.33. The summed E-state index contributed by atoms with van der Waals surface area (Å²) < 4.78 is 54.9. The first-order valence-corrected chi connectivity index (χ1v) is 4.61. The van der Waals surface area contributed by atoms with Crippen molar-refractivity contribution in [2.75, 3.05) is 12.0 Å². The van der Waals surface area contributed by atoms with Crippen LogP contribution in [0.15, 0.2) is 0 Å². The van der Waals surface area contributed by atoms with Crippen molar-refractivity contribution in [3.63, 3.8) is 0 Å². The summed E-state index contributed by atoms with van der Waals surface area (Å²) in [4.78, 5) is 0. The van der Waals surface area contributed by atoms with Gasteiger partial charge in [0.25, 0.3) is 0 Å². The van der Waals surface area contributed by atoms with Crippen molar-refractivity contribution in [1.29, 1.82) is 0 Å². The lowest BCUT2D eigenvalue weighted by atomic mass is 10.4. The topological polar surface area (TPSA) is 54.4 Å². The van der Waals surface area contributed by atoms with E-state index in [1.54, 1.807) is 0 Å². The Morgan fingerprint density at radius 3 is 1.91 bits per heavy atom. The zero-order valence-corrected chi connectivity index (χ0v) is 6.41. The maximum atomic E-state index is 11.5. The van der Waals surface area contributed by atoms with E-state index in [-0.39, 0.29) is 0 Å². The molecule has 0 saturated carbocycles. The number of hydrogen-bond acceptors (Lipinski definition) is 3. The van der Waals surface area contributed by atoms with Gasteiger partial charge in [0.05, 0.1) is 5.75 Å². The van der Waals surface area contributed by atoms with Crippen molar-refractivity contribution in [3.05, 3.63) is 0 Å². The lowest BCUT2D eigenvalue weighted by Crippen LogP contribution is -2.34. The van der Waals surface area contributed by atoms with Gasteiger partial charge >= 0.3 is 6.18 Å². The normalized spacial score (nSPS) is 16.5. The molecule has 3 nitrogen and oxygen atoms in total. The van der Waals surface area contributed by atoms with Crippen LogP contribution in [0, 0.1) is 0 Å².